The van der Waals surface area contributed by atoms with Crippen molar-refractivity contribution in [2.75, 3.05) is 39.6 Å². The van der Waals surface area contributed by atoms with Crippen LogP contribution in [0.15, 0.2) is 170 Å². The van der Waals surface area contributed by atoms with E-state index >= 15 is 0 Å². The molecule has 0 aliphatic rings. The molecule has 5 unspecified atom stereocenters. The van der Waals surface area contributed by atoms with Crippen molar-refractivity contribution < 1.29 is 75.8 Å². The zero-order chi connectivity index (χ0) is 69.5. The number of phosphoric acid groups is 2. The third-order valence-corrected chi connectivity index (χ3v) is 15.8. The normalized spacial score (nSPS) is 15.1. The fourth-order valence-electron chi connectivity index (χ4n) is 8.64. The maximum absolute atomic E-state index is 12.9. The summed E-state index contributed by atoms with van der Waals surface area (Å²) in [7, 11) is -9.82. The first-order valence-electron chi connectivity index (χ1n) is 35.4. The van der Waals surface area contributed by atoms with E-state index < -0.39 is 91.5 Å². The number of rotatable bonds is 65. The number of ether oxygens (including phenoxy) is 3. The summed E-state index contributed by atoms with van der Waals surface area (Å²) >= 11 is 0. The second-order valence-electron chi connectivity index (χ2n) is 22.9. The fraction of sp³-hybridized carbons (Fsp3) is 0.597. The number of hydrogen-bond acceptors (Lipinski definition) is 14. The topological polar surface area (TPSA) is 231 Å². The van der Waals surface area contributed by atoms with E-state index in [4.69, 9.17) is 32.3 Å². The second-order valence-corrected chi connectivity index (χ2v) is 25.8. The molecule has 0 aliphatic carbocycles. The minimum atomic E-state index is -4.95. The number of carbonyl (C=O) groups excluding carboxylic acids is 3. The molecule has 0 heterocycles. The van der Waals surface area contributed by atoms with Crippen LogP contribution in [0, 0.1) is 0 Å². The zero-order valence-electron chi connectivity index (χ0n) is 58.3. The van der Waals surface area contributed by atoms with Gasteiger partial charge in [-0.25, -0.2) is 9.13 Å². The molecule has 4 N–H and O–H groups in total. The Bertz CT molecular complexity index is 2410. The summed E-state index contributed by atoms with van der Waals surface area (Å²) in [5, 5.41) is 20.6. The van der Waals surface area contributed by atoms with Crippen LogP contribution in [0.4, 0.5) is 0 Å². The van der Waals surface area contributed by atoms with E-state index in [9.17, 15) is 43.5 Å². The third-order valence-electron chi connectivity index (χ3n) is 13.9. The Balaban J connectivity index is 4.75. The second kappa shape index (κ2) is 68.8. The summed E-state index contributed by atoms with van der Waals surface area (Å²) in [5.41, 5.74) is 0. The molecule has 0 radical (unpaired) electrons. The van der Waals surface area contributed by atoms with E-state index in [0.29, 0.717) is 25.7 Å². The van der Waals surface area contributed by atoms with Gasteiger partial charge in [-0.3, -0.25) is 32.5 Å². The molecule has 5 atom stereocenters. The zero-order valence-corrected chi connectivity index (χ0v) is 60.1. The molecule has 0 aromatic rings. The third kappa shape index (κ3) is 70.1. The molecular formula is C77H124O16P2. The first kappa shape index (κ1) is 89.9. The molecule has 0 saturated heterocycles. The maximum Gasteiger partial charge on any atom is 0.472 e. The molecule has 0 aliphatic heterocycles. The van der Waals surface area contributed by atoms with Gasteiger partial charge in [0.25, 0.3) is 0 Å². The Kier molecular flexibility index (Phi) is 65.1. The van der Waals surface area contributed by atoms with Gasteiger partial charge in [-0.2, -0.15) is 0 Å². The van der Waals surface area contributed by atoms with Gasteiger partial charge in [-0.15, -0.1) is 0 Å². The van der Waals surface area contributed by atoms with E-state index in [1.165, 1.54) is 0 Å². The summed E-state index contributed by atoms with van der Waals surface area (Å²) in [5.74, 6) is -1.71. The van der Waals surface area contributed by atoms with Gasteiger partial charge in [0.2, 0.25) is 0 Å². The lowest BCUT2D eigenvalue weighted by molar-refractivity contribution is -0.161. The van der Waals surface area contributed by atoms with Crippen LogP contribution < -0.4 is 0 Å². The Morgan fingerprint density at radius 2 is 0.547 bits per heavy atom. The highest BCUT2D eigenvalue weighted by atomic mass is 31.2. The highest BCUT2D eigenvalue weighted by molar-refractivity contribution is 7.47. The van der Waals surface area contributed by atoms with Gasteiger partial charge in [-0.1, -0.05) is 255 Å². The molecule has 0 amide bonds. The van der Waals surface area contributed by atoms with Gasteiger partial charge >= 0.3 is 33.6 Å². The standard InChI is InChI=1S/C77H124O16P2/c1-4-7-10-13-16-19-22-25-28-31-33-34-35-36-38-41-42-45-48-51-54-57-60-63-75(80)87-66-72(78)67-89-94(83,84)90-68-73(79)69-91-95(85,86)92-71-74(93-77(82)65-62-59-56-53-50-47-44-39-30-27-24-21-18-15-12-9-6-3)70-88-76(81)64-61-58-55-52-49-46-43-40-37-32-29-26-23-20-17-14-11-8-5-2/h7-12,16-21,25-30,33-34,36-38,40,46,49,55,58,72-74,78-79H,4-6,13-15,22-24,31-32,35,39,41-45,47-48,50-54,56-57,59-71H2,1-3H3,(H,83,84)(H,85,86)/b10-7-,11-8-,12-9-,19-16-,20-17-,21-18-,28-25-,29-26-,30-27-,34-33-,38-36-,40-37-,49-46-,58-55-. The van der Waals surface area contributed by atoms with Crippen molar-refractivity contribution >= 4 is 33.6 Å². The molecular weight excluding hydrogens is 1240 g/mol. The van der Waals surface area contributed by atoms with Crippen LogP contribution in [0.5, 0.6) is 0 Å². The highest BCUT2D eigenvalue weighted by Crippen LogP contribution is 2.45. The SMILES string of the molecule is CC/C=C\C/C=C\C/C=C\C/C=C\C/C=C\C/C=C\CCC(=O)OCC(COP(=O)(O)OCC(O)COP(=O)(O)OCC(O)COC(=O)CCCCCCCCC/C=C\C/C=C\C/C=C\C/C=C\C/C=C\CC)OC(=O)CCCCCCCCC/C=C\C/C=C\C/C=C\CC. The Morgan fingerprint density at radius 1 is 0.295 bits per heavy atom. The number of hydrogen-bond donors (Lipinski definition) is 4. The summed E-state index contributed by atoms with van der Waals surface area (Å²) in [6.45, 7) is 2.19. The quantitative estimate of drug-likeness (QED) is 0.0146. The number of unbranched alkanes of at least 4 members (excludes halogenated alkanes) is 14. The number of carbonyl (C=O) groups is 3. The number of aliphatic hydroxyl groups excluding tert-OH is 2. The molecule has 538 valence electrons. The van der Waals surface area contributed by atoms with E-state index in [1.807, 2.05) is 18.2 Å². The van der Waals surface area contributed by atoms with Gasteiger partial charge in [0.15, 0.2) is 6.10 Å². The largest absolute Gasteiger partial charge is 0.472 e. The van der Waals surface area contributed by atoms with Crippen LogP contribution >= 0.6 is 15.6 Å². The van der Waals surface area contributed by atoms with Crippen LogP contribution in [-0.4, -0.2) is 95.9 Å². The number of esters is 3. The summed E-state index contributed by atoms with van der Waals surface area (Å²) < 4.78 is 60.9. The number of aliphatic hydroxyl groups is 2. The summed E-state index contributed by atoms with van der Waals surface area (Å²) in [4.78, 5) is 58.5. The van der Waals surface area contributed by atoms with Crippen LogP contribution in [0.2, 0.25) is 0 Å². The Hall–Kier alpha value is -5.09. The van der Waals surface area contributed by atoms with E-state index in [0.717, 1.165) is 173 Å². The molecule has 0 saturated carbocycles. The van der Waals surface area contributed by atoms with Crippen LogP contribution in [0.3, 0.4) is 0 Å². The highest BCUT2D eigenvalue weighted by Gasteiger charge is 2.29. The van der Waals surface area contributed by atoms with Gasteiger partial charge < -0.3 is 34.2 Å². The Morgan fingerprint density at radius 3 is 0.895 bits per heavy atom. The van der Waals surface area contributed by atoms with Crippen molar-refractivity contribution in [3.63, 3.8) is 0 Å². The van der Waals surface area contributed by atoms with E-state index in [1.54, 1.807) is 0 Å². The summed E-state index contributed by atoms with van der Waals surface area (Å²) in [6.07, 6.45) is 85.5. The van der Waals surface area contributed by atoms with Crippen molar-refractivity contribution in [3.05, 3.63) is 170 Å². The molecule has 16 nitrogen and oxygen atoms in total. The molecule has 95 heavy (non-hydrogen) atoms. The van der Waals surface area contributed by atoms with Crippen molar-refractivity contribution in [3.8, 4) is 0 Å². The van der Waals surface area contributed by atoms with Crippen LogP contribution in [0.1, 0.15) is 239 Å². The van der Waals surface area contributed by atoms with E-state index in [-0.39, 0.29) is 19.3 Å². The van der Waals surface area contributed by atoms with Crippen molar-refractivity contribution in [1.29, 1.82) is 0 Å². The molecule has 0 bridgehead atoms. The first-order chi connectivity index (χ1) is 46.2. The monoisotopic (exact) mass is 1370 g/mol. The van der Waals surface area contributed by atoms with Gasteiger partial charge in [-0.05, 0) is 135 Å². The van der Waals surface area contributed by atoms with Gasteiger partial charge in [0, 0.05) is 19.3 Å². The average Bonchev–Trinajstić information content (AvgIpc) is 2.35. The smallest absolute Gasteiger partial charge is 0.463 e. The fourth-order valence-corrected chi connectivity index (χ4v) is 10.2. The lowest BCUT2D eigenvalue weighted by atomic mass is 10.1. The minimum absolute atomic E-state index is 0.0363. The van der Waals surface area contributed by atoms with Crippen LogP contribution in [0.25, 0.3) is 0 Å². The van der Waals surface area contributed by atoms with Gasteiger partial charge in [0.05, 0.1) is 26.4 Å². The molecule has 0 fully saturated rings. The predicted octanol–water partition coefficient (Wildman–Crippen LogP) is 20.1. The predicted molar refractivity (Wildman–Crippen MR) is 389 cm³/mol. The van der Waals surface area contributed by atoms with E-state index in [2.05, 4.69) is 173 Å². The number of allylic oxidation sites excluding steroid dienone is 28. The molecule has 18 heteroatoms. The molecule has 0 spiro atoms. The number of phosphoric ester groups is 2. The lowest BCUT2D eigenvalue weighted by Crippen LogP contribution is -2.30. The van der Waals surface area contributed by atoms with Crippen molar-refractivity contribution in [1.82, 2.24) is 0 Å². The minimum Gasteiger partial charge on any atom is -0.463 e. The van der Waals surface area contributed by atoms with Crippen LogP contribution in [-0.2, 0) is 55.8 Å². The average molecular weight is 1370 g/mol. The first-order valence-corrected chi connectivity index (χ1v) is 38.4. The van der Waals surface area contributed by atoms with Crippen molar-refractivity contribution in [2.45, 2.75) is 257 Å². The Labute approximate surface area is 573 Å². The molecule has 0 aromatic carbocycles. The van der Waals surface area contributed by atoms with Gasteiger partial charge in [0.1, 0.15) is 25.4 Å². The molecule has 0 aromatic heterocycles. The van der Waals surface area contributed by atoms with Crippen molar-refractivity contribution in [2.24, 2.45) is 0 Å². The summed E-state index contributed by atoms with van der Waals surface area (Å²) in [6, 6.07) is 0. The maximum atomic E-state index is 12.9. The molecule has 0 rings (SSSR count). The lowest BCUT2D eigenvalue weighted by Gasteiger charge is -2.21.